The zero-order chi connectivity index (χ0) is 21.7. The predicted octanol–water partition coefficient (Wildman–Crippen LogP) is 3.04. The molecule has 0 aromatic carbocycles. The molecule has 1 aliphatic rings. The van der Waals surface area contributed by atoms with E-state index < -0.39 is 11.2 Å². The number of rotatable bonds is 8. The Kier molecular flexibility index (Phi) is 7.60. The first-order valence-corrected chi connectivity index (χ1v) is 11.5. The molecule has 0 aliphatic heterocycles. The van der Waals surface area contributed by atoms with Crippen molar-refractivity contribution < 1.29 is 4.79 Å². The number of hydrogen-bond donors (Lipinski definition) is 2. The third-order valence-electron chi connectivity index (χ3n) is 5.21. The summed E-state index contributed by atoms with van der Waals surface area (Å²) in [5, 5.41) is 1.02. The van der Waals surface area contributed by atoms with Crippen LogP contribution in [0.15, 0.2) is 32.9 Å². The number of carbonyl (C=O) groups is 1. The second kappa shape index (κ2) is 10.2. The molecule has 0 atom stereocenters. The highest BCUT2D eigenvalue weighted by Gasteiger charge is 2.32. The molecule has 0 saturated heterocycles. The van der Waals surface area contributed by atoms with E-state index in [2.05, 4.69) is 9.97 Å². The number of thioether (sulfide) groups is 1. The van der Waals surface area contributed by atoms with Crippen LogP contribution >= 0.6 is 23.4 Å². The number of nitrogens with zero attached hydrogens (tertiary/aromatic N) is 3. The molecule has 8 nitrogen and oxygen atoms in total. The maximum Gasteiger partial charge on any atom is 0.330 e. The lowest BCUT2D eigenvalue weighted by Gasteiger charge is -2.30. The van der Waals surface area contributed by atoms with Gasteiger partial charge in [-0.2, -0.15) is 0 Å². The number of nitrogen functional groups attached to an aromatic ring is 1. The van der Waals surface area contributed by atoms with Crippen molar-refractivity contribution in [1.29, 1.82) is 0 Å². The Morgan fingerprint density at radius 3 is 2.80 bits per heavy atom. The lowest BCUT2D eigenvalue weighted by Crippen LogP contribution is -2.46. The van der Waals surface area contributed by atoms with Crippen LogP contribution in [0.1, 0.15) is 45.4 Å². The molecule has 30 heavy (non-hydrogen) atoms. The van der Waals surface area contributed by atoms with Crippen molar-refractivity contribution in [3.8, 4) is 0 Å². The SMILES string of the molecule is CCCCn1c(N)c(N(C(=O)CSc2ncccc2Cl)C2CCCC2)c(=O)[nH]c1=O. The third-order valence-corrected chi connectivity index (χ3v) is 6.61. The second-order valence-electron chi connectivity index (χ2n) is 7.28. The number of H-pyrrole nitrogens is 1. The number of aromatic nitrogens is 3. The van der Waals surface area contributed by atoms with E-state index in [-0.39, 0.29) is 29.2 Å². The molecule has 0 unspecified atom stereocenters. The van der Waals surface area contributed by atoms with Gasteiger partial charge in [0.1, 0.15) is 10.8 Å². The molecule has 1 aliphatic carbocycles. The van der Waals surface area contributed by atoms with Crippen LogP contribution in [0.2, 0.25) is 5.02 Å². The highest BCUT2D eigenvalue weighted by atomic mass is 35.5. The number of nitrogens with two attached hydrogens (primary N) is 1. The molecular weight excluding hydrogens is 426 g/mol. The fourth-order valence-electron chi connectivity index (χ4n) is 3.70. The minimum Gasteiger partial charge on any atom is -0.383 e. The van der Waals surface area contributed by atoms with Gasteiger partial charge < -0.3 is 10.6 Å². The van der Waals surface area contributed by atoms with Crippen molar-refractivity contribution in [3.63, 3.8) is 0 Å². The average Bonchev–Trinajstić information content (AvgIpc) is 3.24. The van der Waals surface area contributed by atoms with Gasteiger partial charge in [0.15, 0.2) is 5.69 Å². The van der Waals surface area contributed by atoms with E-state index in [4.69, 9.17) is 17.3 Å². The number of aromatic amines is 1. The van der Waals surface area contributed by atoms with Gasteiger partial charge in [0.05, 0.1) is 10.8 Å². The number of carbonyl (C=O) groups excluding carboxylic acids is 1. The number of pyridine rings is 1. The number of hydrogen-bond acceptors (Lipinski definition) is 6. The molecule has 3 N–H and O–H groups in total. The van der Waals surface area contributed by atoms with E-state index in [9.17, 15) is 14.4 Å². The average molecular weight is 452 g/mol. The monoisotopic (exact) mass is 451 g/mol. The number of halogens is 1. The first-order valence-electron chi connectivity index (χ1n) is 10.1. The van der Waals surface area contributed by atoms with Crippen LogP contribution < -0.4 is 21.9 Å². The molecule has 162 valence electrons. The normalized spacial score (nSPS) is 14.2. The molecule has 2 aromatic rings. The van der Waals surface area contributed by atoms with Crippen molar-refractivity contribution >= 4 is 40.8 Å². The van der Waals surface area contributed by atoms with E-state index >= 15 is 0 Å². The van der Waals surface area contributed by atoms with E-state index in [1.54, 1.807) is 18.3 Å². The van der Waals surface area contributed by atoms with Crippen LogP contribution in [-0.2, 0) is 11.3 Å². The summed E-state index contributed by atoms with van der Waals surface area (Å²) >= 11 is 7.36. The van der Waals surface area contributed by atoms with Crippen LogP contribution in [0.4, 0.5) is 11.5 Å². The predicted molar refractivity (Wildman–Crippen MR) is 120 cm³/mol. The number of nitrogens with one attached hydrogen (secondary N) is 1. The quantitative estimate of drug-likeness (QED) is 0.596. The first kappa shape index (κ1) is 22.4. The lowest BCUT2D eigenvalue weighted by molar-refractivity contribution is -0.116. The van der Waals surface area contributed by atoms with Gasteiger partial charge in [0.25, 0.3) is 5.56 Å². The summed E-state index contributed by atoms with van der Waals surface area (Å²) in [5.74, 6) is -0.162. The number of anilines is 2. The number of amides is 1. The molecule has 0 spiro atoms. The smallest absolute Gasteiger partial charge is 0.330 e. The van der Waals surface area contributed by atoms with Gasteiger partial charge in [-0.05, 0) is 31.4 Å². The summed E-state index contributed by atoms with van der Waals surface area (Å²) in [6.07, 6.45) is 6.73. The lowest BCUT2D eigenvalue weighted by atomic mass is 10.2. The largest absolute Gasteiger partial charge is 0.383 e. The topological polar surface area (TPSA) is 114 Å². The Bertz CT molecular complexity index is 1020. The molecule has 3 rings (SSSR count). The Morgan fingerprint density at radius 2 is 2.13 bits per heavy atom. The zero-order valence-corrected chi connectivity index (χ0v) is 18.5. The standard InChI is InChI=1S/C20H26ClN5O3S/c1-2-3-11-25-17(22)16(18(28)24-20(25)29)26(13-7-4-5-8-13)15(27)12-30-19-14(21)9-6-10-23-19/h6,9-10,13H,2-5,7-8,11-12,22H2,1H3,(H,24,28,29). The van der Waals surface area contributed by atoms with Crippen molar-refractivity contribution in [2.45, 2.75) is 63.1 Å². The van der Waals surface area contributed by atoms with E-state index in [0.29, 0.717) is 16.6 Å². The van der Waals surface area contributed by atoms with Crippen LogP contribution in [0, 0.1) is 0 Å². The molecule has 1 fully saturated rings. The molecule has 0 bridgehead atoms. The summed E-state index contributed by atoms with van der Waals surface area (Å²) < 4.78 is 1.35. The third kappa shape index (κ3) is 4.89. The van der Waals surface area contributed by atoms with Gasteiger partial charge in [-0.1, -0.05) is 49.5 Å². The summed E-state index contributed by atoms with van der Waals surface area (Å²) in [7, 11) is 0. The Labute approximate surface area is 183 Å². The van der Waals surface area contributed by atoms with E-state index in [0.717, 1.165) is 38.5 Å². The van der Waals surface area contributed by atoms with Gasteiger partial charge in [-0.15, -0.1) is 0 Å². The summed E-state index contributed by atoms with van der Waals surface area (Å²) in [4.78, 5) is 46.3. The van der Waals surface area contributed by atoms with Crippen LogP contribution in [0.25, 0.3) is 0 Å². The van der Waals surface area contributed by atoms with Gasteiger partial charge in [-0.25, -0.2) is 9.78 Å². The zero-order valence-electron chi connectivity index (χ0n) is 16.9. The van der Waals surface area contributed by atoms with Crippen LogP contribution in [0.3, 0.4) is 0 Å². The maximum atomic E-state index is 13.3. The molecule has 2 heterocycles. The summed E-state index contributed by atoms with van der Waals surface area (Å²) in [6.45, 7) is 2.39. The minimum absolute atomic E-state index is 0.0401. The summed E-state index contributed by atoms with van der Waals surface area (Å²) in [5.41, 5.74) is 5.15. The van der Waals surface area contributed by atoms with Gasteiger partial charge in [-0.3, -0.25) is 19.1 Å². The molecule has 0 radical (unpaired) electrons. The Balaban J connectivity index is 1.96. The highest BCUT2D eigenvalue weighted by molar-refractivity contribution is 8.00. The van der Waals surface area contributed by atoms with Gasteiger partial charge in [0, 0.05) is 18.8 Å². The molecule has 10 heteroatoms. The maximum absolute atomic E-state index is 13.3. The fourth-order valence-corrected chi connectivity index (χ4v) is 4.72. The van der Waals surface area contributed by atoms with Crippen LogP contribution in [-0.4, -0.2) is 32.2 Å². The van der Waals surface area contributed by atoms with Crippen molar-refractivity contribution in [2.24, 2.45) is 0 Å². The van der Waals surface area contributed by atoms with Gasteiger partial charge in [0.2, 0.25) is 5.91 Å². The van der Waals surface area contributed by atoms with Gasteiger partial charge >= 0.3 is 5.69 Å². The number of unbranched alkanes of at least 4 members (excludes halogenated alkanes) is 1. The van der Waals surface area contributed by atoms with Crippen molar-refractivity contribution in [2.75, 3.05) is 16.4 Å². The molecule has 1 saturated carbocycles. The minimum atomic E-state index is -0.633. The second-order valence-corrected chi connectivity index (χ2v) is 8.65. The Morgan fingerprint density at radius 1 is 1.40 bits per heavy atom. The molecule has 1 amide bonds. The highest BCUT2D eigenvalue weighted by Crippen LogP contribution is 2.31. The van der Waals surface area contributed by atoms with Crippen molar-refractivity contribution in [1.82, 2.24) is 14.5 Å². The van der Waals surface area contributed by atoms with Crippen LogP contribution in [0.5, 0.6) is 0 Å². The van der Waals surface area contributed by atoms with E-state index in [1.165, 1.54) is 21.2 Å². The fraction of sp³-hybridized carbons (Fsp3) is 0.500. The molecular formula is C20H26ClN5O3S. The Hall–Kier alpha value is -2.26. The first-order chi connectivity index (χ1) is 14.4. The molecule has 2 aromatic heterocycles. The summed E-state index contributed by atoms with van der Waals surface area (Å²) in [6, 6.07) is 3.30. The van der Waals surface area contributed by atoms with Crippen molar-refractivity contribution in [3.05, 3.63) is 44.2 Å². The van der Waals surface area contributed by atoms with E-state index in [1.807, 2.05) is 6.92 Å².